The van der Waals surface area contributed by atoms with Crippen molar-refractivity contribution in [2.75, 3.05) is 0 Å². The van der Waals surface area contributed by atoms with Crippen LogP contribution < -0.4 is 0 Å². The lowest BCUT2D eigenvalue weighted by atomic mass is 9.78. The molecule has 18 heavy (non-hydrogen) atoms. The third-order valence-corrected chi connectivity index (χ3v) is 4.18. The Morgan fingerprint density at radius 2 is 2.06 bits per heavy atom. The summed E-state index contributed by atoms with van der Waals surface area (Å²) >= 11 is 0. The Labute approximate surface area is 110 Å². The van der Waals surface area contributed by atoms with Gasteiger partial charge >= 0.3 is 0 Å². The third kappa shape index (κ3) is 3.41. The highest BCUT2D eigenvalue weighted by Crippen LogP contribution is 2.36. The van der Waals surface area contributed by atoms with E-state index in [9.17, 15) is 4.79 Å². The van der Waals surface area contributed by atoms with Gasteiger partial charge in [-0.15, -0.1) is 0 Å². The van der Waals surface area contributed by atoms with Crippen molar-refractivity contribution >= 4 is 6.29 Å². The second kappa shape index (κ2) is 6.67. The van der Waals surface area contributed by atoms with E-state index < -0.39 is 0 Å². The molecule has 2 nitrogen and oxygen atoms in total. The van der Waals surface area contributed by atoms with Crippen molar-refractivity contribution in [3.8, 4) is 0 Å². The van der Waals surface area contributed by atoms with Crippen molar-refractivity contribution in [3.63, 3.8) is 0 Å². The van der Waals surface area contributed by atoms with Crippen LogP contribution in [0.2, 0.25) is 0 Å². The van der Waals surface area contributed by atoms with Gasteiger partial charge in [-0.1, -0.05) is 26.2 Å². The van der Waals surface area contributed by atoms with Crippen molar-refractivity contribution in [1.29, 1.82) is 0 Å². The Morgan fingerprint density at radius 1 is 1.28 bits per heavy atom. The third-order valence-electron chi connectivity index (χ3n) is 4.18. The van der Waals surface area contributed by atoms with Crippen LogP contribution >= 0.6 is 0 Å². The van der Waals surface area contributed by atoms with Gasteiger partial charge in [0, 0.05) is 23.4 Å². The Balaban J connectivity index is 1.86. The predicted octanol–water partition coefficient (Wildman–Crippen LogP) is 4.36. The van der Waals surface area contributed by atoms with Gasteiger partial charge in [-0.05, 0) is 43.7 Å². The minimum absolute atomic E-state index is 0.614. The van der Waals surface area contributed by atoms with E-state index >= 15 is 0 Å². The van der Waals surface area contributed by atoms with E-state index in [-0.39, 0.29) is 0 Å². The zero-order valence-corrected chi connectivity index (χ0v) is 11.3. The molecule has 1 aliphatic rings. The SMILES string of the molecule is CCCCC1CCC(c2ccc(C=O)cn2)CC1. The molecular formula is C16H23NO. The first kappa shape index (κ1) is 13.3. The number of aromatic nitrogens is 1. The summed E-state index contributed by atoms with van der Waals surface area (Å²) < 4.78 is 0. The number of unbranched alkanes of at least 4 members (excludes halogenated alkanes) is 1. The highest BCUT2D eigenvalue weighted by molar-refractivity contribution is 5.73. The summed E-state index contributed by atoms with van der Waals surface area (Å²) in [5.74, 6) is 1.55. The van der Waals surface area contributed by atoms with E-state index in [1.54, 1.807) is 6.20 Å². The standard InChI is InChI=1S/C16H23NO/c1-2-3-4-13-5-8-15(9-6-13)16-10-7-14(12-18)11-17-16/h7,10-13,15H,2-6,8-9H2,1H3. The summed E-state index contributed by atoms with van der Waals surface area (Å²) in [6, 6.07) is 3.92. The normalized spacial score (nSPS) is 23.8. The molecule has 0 spiro atoms. The topological polar surface area (TPSA) is 30.0 Å². The van der Waals surface area contributed by atoms with E-state index in [0.29, 0.717) is 11.5 Å². The summed E-state index contributed by atoms with van der Waals surface area (Å²) in [5, 5.41) is 0. The average Bonchev–Trinajstić information content (AvgIpc) is 2.46. The molecule has 0 radical (unpaired) electrons. The molecule has 0 amide bonds. The fourth-order valence-electron chi connectivity index (χ4n) is 2.97. The molecule has 0 aliphatic heterocycles. The molecule has 0 aromatic carbocycles. The van der Waals surface area contributed by atoms with Crippen LogP contribution in [0.5, 0.6) is 0 Å². The summed E-state index contributed by atoms with van der Waals surface area (Å²) in [6.45, 7) is 2.27. The Bertz CT molecular complexity index is 363. The molecule has 0 saturated heterocycles. The maximum Gasteiger partial charge on any atom is 0.151 e. The second-order valence-corrected chi connectivity index (χ2v) is 5.49. The van der Waals surface area contributed by atoms with E-state index in [0.717, 1.165) is 12.2 Å². The lowest BCUT2D eigenvalue weighted by Gasteiger charge is -2.28. The number of nitrogens with zero attached hydrogens (tertiary/aromatic N) is 1. The minimum Gasteiger partial charge on any atom is -0.298 e. The number of aldehydes is 1. The largest absolute Gasteiger partial charge is 0.298 e. The van der Waals surface area contributed by atoms with Gasteiger partial charge in [0.05, 0.1) is 0 Å². The summed E-state index contributed by atoms with van der Waals surface area (Å²) in [5.41, 5.74) is 1.85. The predicted molar refractivity (Wildman–Crippen MR) is 73.8 cm³/mol. The molecule has 2 rings (SSSR count). The van der Waals surface area contributed by atoms with Crippen molar-refractivity contribution in [2.24, 2.45) is 5.92 Å². The lowest BCUT2D eigenvalue weighted by Crippen LogP contribution is -2.14. The molecule has 1 aromatic rings. The Hall–Kier alpha value is -1.18. The molecule has 1 saturated carbocycles. The maximum absolute atomic E-state index is 10.6. The first-order chi connectivity index (χ1) is 8.83. The molecular weight excluding hydrogens is 222 g/mol. The molecule has 1 heterocycles. The van der Waals surface area contributed by atoms with E-state index in [4.69, 9.17) is 0 Å². The number of carbonyl (C=O) groups is 1. The number of pyridine rings is 1. The number of hydrogen-bond donors (Lipinski definition) is 0. The first-order valence-electron chi connectivity index (χ1n) is 7.24. The molecule has 0 unspecified atom stereocenters. The minimum atomic E-state index is 0.614. The molecule has 0 atom stereocenters. The maximum atomic E-state index is 10.6. The molecule has 98 valence electrons. The zero-order valence-electron chi connectivity index (χ0n) is 11.3. The highest BCUT2D eigenvalue weighted by atomic mass is 16.1. The fraction of sp³-hybridized carbons (Fsp3) is 0.625. The first-order valence-corrected chi connectivity index (χ1v) is 7.24. The molecule has 0 bridgehead atoms. The molecule has 1 aliphatic carbocycles. The highest BCUT2D eigenvalue weighted by Gasteiger charge is 2.22. The van der Waals surface area contributed by atoms with Crippen LogP contribution in [0.15, 0.2) is 18.3 Å². The van der Waals surface area contributed by atoms with Crippen molar-refractivity contribution < 1.29 is 4.79 Å². The molecule has 1 fully saturated rings. The average molecular weight is 245 g/mol. The van der Waals surface area contributed by atoms with Crippen molar-refractivity contribution in [3.05, 3.63) is 29.6 Å². The summed E-state index contributed by atoms with van der Waals surface area (Å²) in [7, 11) is 0. The van der Waals surface area contributed by atoms with Gasteiger partial charge in [0.1, 0.15) is 0 Å². The van der Waals surface area contributed by atoms with Crippen LogP contribution in [-0.4, -0.2) is 11.3 Å². The lowest BCUT2D eigenvalue weighted by molar-refractivity contribution is 0.112. The quantitative estimate of drug-likeness (QED) is 0.721. The summed E-state index contributed by atoms with van der Waals surface area (Å²) in [4.78, 5) is 15.0. The van der Waals surface area contributed by atoms with Crippen LogP contribution in [0, 0.1) is 5.92 Å². The van der Waals surface area contributed by atoms with E-state index in [1.807, 2.05) is 12.1 Å². The summed E-state index contributed by atoms with van der Waals surface area (Å²) in [6.07, 6.45) is 11.9. The van der Waals surface area contributed by atoms with E-state index in [2.05, 4.69) is 11.9 Å². The van der Waals surface area contributed by atoms with Crippen LogP contribution in [0.25, 0.3) is 0 Å². The van der Waals surface area contributed by atoms with Crippen LogP contribution in [0.3, 0.4) is 0 Å². The Kier molecular flexibility index (Phi) is 4.91. The van der Waals surface area contributed by atoms with Gasteiger partial charge in [0.25, 0.3) is 0 Å². The van der Waals surface area contributed by atoms with Gasteiger partial charge in [0.2, 0.25) is 0 Å². The Morgan fingerprint density at radius 3 is 2.61 bits per heavy atom. The van der Waals surface area contributed by atoms with Gasteiger partial charge in [0.15, 0.2) is 6.29 Å². The molecule has 2 heteroatoms. The number of rotatable bonds is 5. The monoisotopic (exact) mass is 245 g/mol. The van der Waals surface area contributed by atoms with Gasteiger partial charge in [-0.25, -0.2) is 0 Å². The molecule has 0 N–H and O–H groups in total. The second-order valence-electron chi connectivity index (χ2n) is 5.49. The number of hydrogen-bond acceptors (Lipinski definition) is 2. The molecule has 1 aromatic heterocycles. The smallest absolute Gasteiger partial charge is 0.151 e. The van der Waals surface area contributed by atoms with Gasteiger partial charge in [-0.3, -0.25) is 9.78 Å². The number of carbonyl (C=O) groups excluding carboxylic acids is 1. The zero-order chi connectivity index (χ0) is 12.8. The fourth-order valence-corrected chi connectivity index (χ4v) is 2.97. The van der Waals surface area contributed by atoms with E-state index in [1.165, 1.54) is 50.6 Å². The van der Waals surface area contributed by atoms with Crippen molar-refractivity contribution in [2.45, 2.75) is 57.8 Å². The van der Waals surface area contributed by atoms with Gasteiger partial charge < -0.3 is 0 Å². The van der Waals surface area contributed by atoms with Crippen LogP contribution in [0.4, 0.5) is 0 Å². The van der Waals surface area contributed by atoms with Crippen LogP contribution in [-0.2, 0) is 0 Å². The van der Waals surface area contributed by atoms with Crippen LogP contribution in [0.1, 0.15) is 73.8 Å². The van der Waals surface area contributed by atoms with Crippen molar-refractivity contribution in [1.82, 2.24) is 4.98 Å². The van der Waals surface area contributed by atoms with Gasteiger partial charge in [-0.2, -0.15) is 0 Å².